The first kappa shape index (κ1) is 14.7. The lowest BCUT2D eigenvalue weighted by Crippen LogP contribution is -2.10. The quantitative estimate of drug-likeness (QED) is 0.821. The summed E-state index contributed by atoms with van der Waals surface area (Å²) < 4.78 is 0. The average Bonchev–Trinajstić information content (AvgIpc) is 2.81. The third-order valence-electron chi connectivity index (χ3n) is 2.75. The van der Waals surface area contributed by atoms with Crippen molar-refractivity contribution in [3.05, 3.63) is 28.0 Å². The highest BCUT2D eigenvalue weighted by atomic mass is 32.1. The molecule has 20 heavy (non-hydrogen) atoms. The summed E-state index contributed by atoms with van der Waals surface area (Å²) in [6.07, 6.45) is 1.99. The smallest absolute Gasteiger partial charge is 0.131 e. The number of thiazole rings is 1. The maximum Gasteiger partial charge on any atom is 0.131 e. The number of anilines is 2. The van der Waals surface area contributed by atoms with Gasteiger partial charge in [0.1, 0.15) is 17.5 Å². The van der Waals surface area contributed by atoms with Gasteiger partial charge in [-0.1, -0.05) is 6.92 Å². The fourth-order valence-electron chi connectivity index (χ4n) is 1.84. The topological polar surface area (TPSA) is 62.7 Å². The highest BCUT2D eigenvalue weighted by molar-refractivity contribution is 7.09. The summed E-state index contributed by atoms with van der Waals surface area (Å²) in [5.74, 6) is 2.52. The Hall–Kier alpha value is -1.69. The number of aromatic nitrogens is 3. The van der Waals surface area contributed by atoms with Crippen LogP contribution in [0.15, 0.2) is 11.4 Å². The number of nitrogens with zero attached hydrogens (tertiary/aromatic N) is 3. The monoisotopic (exact) mass is 291 g/mol. The maximum atomic E-state index is 4.45. The molecule has 108 valence electrons. The number of hydrogen-bond acceptors (Lipinski definition) is 6. The molecule has 0 bridgehead atoms. The number of aryl methyl sites for hydroxylation is 2. The van der Waals surface area contributed by atoms with Crippen molar-refractivity contribution in [1.82, 2.24) is 15.0 Å². The standard InChI is InChI=1S/C14H21N5S/c1-4-6-15-13-8-14(18-10(2)17-13)16-7-5-12-9-20-11(3)19-12/h8-9H,4-7H2,1-3H3,(H2,15,16,17,18). The molecule has 0 aliphatic rings. The van der Waals surface area contributed by atoms with Crippen molar-refractivity contribution in [1.29, 1.82) is 0 Å². The van der Waals surface area contributed by atoms with Crippen LogP contribution in [0.4, 0.5) is 11.6 Å². The number of hydrogen-bond donors (Lipinski definition) is 2. The molecule has 0 atom stereocenters. The van der Waals surface area contributed by atoms with Gasteiger partial charge in [-0.15, -0.1) is 11.3 Å². The molecule has 0 spiro atoms. The van der Waals surface area contributed by atoms with Crippen molar-refractivity contribution in [2.24, 2.45) is 0 Å². The zero-order valence-corrected chi connectivity index (χ0v) is 13.0. The molecule has 0 aliphatic heterocycles. The van der Waals surface area contributed by atoms with Crippen molar-refractivity contribution >= 4 is 23.0 Å². The molecule has 6 heteroatoms. The molecule has 2 aromatic heterocycles. The number of nitrogens with one attached hydrogen (secondary N) is 2. The van der Waals surface area contributed by atoms with Crippen LogP contribution in [0.3, 0.4) is 0 Å². The van der Waals surface area contributed by atoms with E-state index in [0.717, 1.165) is 54.1 Å². The lowest BCUT2D eigenvalue weighted by molar-refractivity contribution is 0.936. The van der Waals surface area contributed by atoms with Gasteiger partial charge in [0, 0.05) is 31.0 Å². The van der Waals surface area contributed by atoms with Crippen LogP contribution in [-0.2, 0) is 6.42 Å². The van der Waals surface area contributed by atoms with Gasteiger partial charge in [-0.05, 0) is 20.3 Å². The molecule has 2 rings (SSSR count). The molecule has 0 aliphatic carbocycles. The Kier molecular flexibility index (Phi) is 5.29. The second kappa shape index (κ2) is 7.19. The van der Waals surface area contributed by atoms with Gasteiger partial charge < -0.3 is 10.6 Å². The van der Waals surface area contributed by atoms with Gasteiger partial charge in [-0.25, -0.2) is 15.0 Å². The van der Waals surface area contributed by atoms with E-state index in [1.807, 2.05) is 19.9 Å². The Labute approximate surface area is 123 Å². The predicted octanol–water partition coefficient (Wildman–Crippen LogP) is 3.03. The van der Waals surface area contributed by atoms with Gasteiger partial charge in [-0.3, -0.25) is 0 Å². The summed E-state index contributed by atoms with van der Waals surface area (Å²) in [4.78, 5) is 13.2. The Morgan fingerprint density at radius 2 is 1.75 bits per heavy atom. The van der Waals surface area contributed by atoms with Gasteiger partial charge in [0.2, 0.25) is 0 Å². The third kappa shape index (κ3) is 4.45. The Bertz CT molecular complexity index is 552. The van der Waals surface area contributed by atoms with Crippen LogP contribution in [-0.4, -0.2) is 28.0 Å². The lowest BCUT2D eigenvalue weighted by atomic mass is 10.3. The molecular weight excluding hydrogens is 270 g/mol. The molecule has 2 heterocycles. The van der Waals surface area contributed by atoms with Crippen LogP contribution in [0.25, 0.3) is 0 Å². The van der Waals surface area contributed by atoms with Gasteiger partial charge in [-0.2, -0.15) is 0 Å². The molecule has 2 N–H and O–H groups in total. The summed E-state index contributed by atoms with van der Waals surface area (Å²) in [5, 5.41) is 9.84. The number of rotatable bonds is 7. The van der Waals surface area contributed by atoms with E-state index < -0.39 is 0 Å². The van der Waals surface area contributed by atoms with Crippen molar-refractivity contribution in [2.75, 3.05) is 23.7 Å². The van der Waals surface area contributed by atoms with Crippen molar-refractivity contribution < 1.29 is 0 Å². The molecule has 0 unspecified atom stereocenters. The summed E-state index contributed by atoms with van der Waals surface area (Å²) in [7, 11) is 0. The van der Waals surface area contributed by atoms with Crippen LogP contribution in [0, 0.1) is 13.8 Å². The zero-order chi connectivity index (χ0) is 14.4. The van der Waals surface area contributed by atoms with Gasteiger partial charge in [0.25, 0.3) is 0 Å². The van der Waals surface area contributed by atoms with Gasteiger partial charge in [0.15, 0.2) is 0 Å². The molecule has 0 aromatic carbocycles. The minimum Gasteiger partial charge on any atom is -0.370 e. The molecule has 0 radical (unpaired) electrons. The fourth-order valence-corrected chi connectivity index (χ4v) is 2.49. The minimum absolute atomic E-state index is 0.776. The SMILES string of the molecule is CCCNc1cc(NCCc2csc(C)n2)nc(C)n1. The Balaban J connectivity index is 1.89. The van der Waals surface area contributed by atoms with E-state index in [1.54, 1.807) is 11.3 Å². The van der Waals surface area contributed by atoms with E-state index in [4.69, 9.17) is 0 Å². The van der Waals surface area contributed by atoms with Gasteiger partial charge >= 0.3 is 0 Å². The Morgan fingerprint density at radius 3 is 2.35 bits per heavy atom. The summed E-state index contributed by atoms with van der Waals surface area (Å²) in [6, 6.07) is 1.95. The maximum absolute atomic E-state index is 4.45. The minimum atomic E-state index is 0.776. The summed E-state index contributed by atoms with van der Waals surface area (Å²) >= 11 is 1.69. The first-order valence-corrected chi connectivity index (χ1v) is 7.79. The predicted molar refractivity (Wildman–Crippen MR) is 84.6 cm³/mol. The van der Waals surface area contributed by atoms with Crippen LogP contribution in [0.5, 0.6) is 0 Å². The second-order valence-corrected chi connectivity index (χ2v) is 5.71. The Morgan fingerprint density at radius 1 is 1.05 bits per heavy atom. The van der Waals surface area contributed by atoms with E-state index in [2.05, 4.69) is 37.9 Å². The van der Waals surface area contributed by atoms with Crippen LogP contribution < -0.4 is 10.6 Å². The normalized spacial score (nSPS) is 10.6. The highest BCUT2D eigenvalue weighted by Crippen LogP contribution is 2.12. The molecule has 0 saturated carbocycles. The van der Waals surface area contributed by atoms with Crippen molar-refractivity contribution in [3.63, 3.8) is 0 Å². The molecular formula is C14H21N5S. The molecule has 0 amide bonds. The third-order valence-corrected chi connectivity index (χ3v) is 3.57. The molecule has 0 fully saturated rings. The first-order valence-electron chi connectivity index (χ1n) is 6.92. The highest BCUT2D eigenvalue weighted by Gasteiger charge is 2.02. The molecule has 2 aromatic rings. The van der Waals surface area contributed by atoms with Crippen molar-refractivity contribution in [2.45, 2.75) is 33.6 Å². The summed E-state index contributed by atoms with van der Waals surface area (Å²) in [5.41, 5.74) is 1.13. The van der Waals surface area contributed by atoms with E-state index in [1.165, 1.54) is 0 Å². The fraction of sp³-hybridized carbons (Fsp3) is 0.500. The van der Waals surface area contributed by atoms with E-state index in [9.17, 15) is 0 Å². The average molecular weight is 291 g/mol. The molecule has 0 saturated heterocycles. The van der Waals surface area contributed by atoms with Crippen LogP contribution >= 0.6 is 11.3 Å². The molecule has 5 nitrogen and oxygen atoms in total. The largest absolute Gasteiger partial charge is 0.370 e. The van der Waals surface area contributed by atoms with E-state index in [-0.39, 0.29) is 0 Å². The van der Waals surface area contributed by atoms with E-state index in [0.29, 0.717) is 0 Å². The van der Waals surface area contributed by atoms with Gasteiger partial charge in [0.05, 0.1) is 10.7 Å². The first-order chi connectivity index (χ1) is 9.67. The second-order valence-electron chi connectivity index (χ2n) is 4.65. The zero-order valence-electron chi connectivity index (χ0n) is 12.2. The lowest BCUT2D eigenvalue weighted by Gasteiger charge is -2.09. The van der Waals surface area contributed by atoms with Crippen LogP contribution in [0.1, 0.15) is 29.9 Å². The van der Waals surface area contributed by atoms with E-state index >= 15 is 0 Å². The summed E-state index contributed by atoms with van der Waals surface area (Å²) in [6.45, 7) is 7.82. The van der Waals surface area contributed by atoms with Crippen molar-refractivity contribution in [3.8, 4) is 0 Å². The van der Waals surface area contributed by atoms with Crippen LogP contribution in [0.2, 0.25) is 0 Å².